The van der Waals surface area contributed by atoms with Crippen LogP contribution in [0.15, 0.2) is 0 Å². The third-order valence-corrected chi connectivity index (χ3v) is 3.41. The average molecular weight is 227 g/mol. The maximum Gasteiger partial charge on any atom is 0.410 e. The van der Waals surface area contributed by atoms with Crippen LogP contribution in [0, 0.1) is 5.92 Å². The smallest absolute Gasteiger partial charge is 0.410 e. The van der Waals surface area contributed by atoms with Crippen molar-refractivity contribution >= 4 is 6.09 Å². The van der Waals surface area contributed by atoms with E-state index in [1.165, 1.54) is 19.4 Å². The SMILES string of the molecule is CN1CCCC(CN2C[C@H](CN)OC2=O)C1. The highest BCUT2D eigenvalue weighted by molar-refractivity contribution is 5.69. The van der Waals surface area contributed by atoms with Crippen molar-refractivity contribution in [3.05, 3.63) is 0 Å². The molecule has 5 heteroatoms. The van der Waals surface area contributed by atoms with E-state index in [1.54, 1.807) is 4.90 Å². The number of hydrogen-bond donors (Lipinski definition) is 1. The Balaban J connectivity index is 1.82. The second-order valence-corrected chi connectivity index (χ2v) is 4.92. The van der Waals surface area contributed by atoms with Crippen LogP contribution in [-0.2, 0) is 4.74 Å². The second-order valence-electron chi connectivity index (χ2n) is 4.92. The van der Waals surface area contributed by atoms with Crippen molar-refractivity contribution < 1.29 is 9.53 Å². The molecule has 0 bridgehead atoms. The van der Waals surface area contributed by atoms with Gasteiger partial charge in [-0.2, -0.15) is 0 Å². The minimum Gasteiger partial charge on any atom is -0.443 e. The molecule has 5 nitrogen and oxygen atoms in total. The summed E-state index contributed by atoms with van der Waals surface area (Å²) in [5, 5.41) is 0. The Morgan fingerprint density at radius 2 is 2.31 bits per heavy atom. The summed E-state index contributed by atoms with van der Waals surface area (Å²) in [5.74, 6) is 0.586. The lowest BCUT2D eigenvalue weighted by atomic mass is 9.98. The van der Waals surface area contributed by atoms with E-state index < -0.39 is 0 Å². The van der Waals surface area contributed by atoms with Crippen LogP contribution in [0.3, 0.4) is 0 Å². The van der Waals surface area contributed by atoms with E-state index in [0.717, 1.165) is 13.1 Å². The fourth-order valence-corrected chi connectivity index (χ4v) is 2.58. The molecule has 2 aliphatic heterocycles. The third-order valence-electron chi connectivity index (χ3n) is 3.41. The molecular formula is C11H21N3O2. The predicted molar refractivity (Wildman–Crippen MR) is 61.1 cm³/mol. The fourth-order valence-electron chi connectivity index (χ4n) is 2.58. The molecule has 0 radical (unpaired) electrons. The number of cyclic esters (lactones) is 1. The molecular weight excluding hydrogens is 206 g/mol. The third kappa shape index (κ3) is 2.65. The first kappa shape index (κ1) is 11.7. The lowest BCUT2D eigenvalue weighted by Gasteiger charge is -2.31. The van der Waals surface area contributed by atoms with E-state index in [0.29, 0.717) is 19.0 Å². The Kier molecular flexibility index (Phi) is 3.66. The Morgan fingerprint density at radius 3 is 2.94 bits per heavy atom. The number of rotatable bonds is 3. The zero-order chi connectivity index (χ0) is 11.5. The van der Waals surface area contributed by atoms with Crippen LogP contribution in [0.25, 0.3) is 0 Å². The molecule has 0 saturated carbocycles. The molecule has 2 aliphatic rings. The highest BCUT2D eigenvalue weighted by atomic mass is 16.6. The maximum absolute atomic E-state index is 11.5. The number of hydrogen-bond acceptors (Lipinski definition) is 4. The first-order valence-electron chi connectivity index (χ1n) is 6.03. The number of piperidine rings is 1. The molecule has 2 atom stereocenters. The quantitative estimate of drug-likeness (QED) is 0.743. The molecule has 2 heterocycles. The van der Waals surface area contributed by atoms with Crippen molar-refractivity contribution in [1.29, 1.82) is 0 Å². The summed E-state index contributed by atoms with van der Waals surface area (Å²) >= 11 is 0. The minimum absolute atomic E-state index is 0.103. The fraction of sp³-hybridized carbons (Fsp3) is 0.909. The first-order valence-corrected chi connectivity index (χ1v) is 6.03. The van der Waals surface area contributed by atoms with Gasteiger partial charge in [-0.05, 0) is 32.4 Å². The standard InChI is InChI=1S/C11H21N3O2/c1-13-4-2-3-9(6-13)7-14-8-10(5-12)16-11(14)15/h9-10H,2-8,12H2,1H3/t9?,10-/m0/s1. The molecule has 0 aromatic heterocycles. The molecule has 92 valence electrons. The number of nitrogens with two attached hydrogens (primary N) is 1. The number of carbonyl (C=O) groups excluding carboxylic acids is 1. The zero-order valence-corrected chi connectivity index (χ0v) is 9.89. The van der Waals surface area contributed by atoms with Gasteiger partial charge in [0, 0.05) is 19.6 Å². The number of nitrogens with zero attached hydrogens (tertiary/aromatic N) is 2. The summed E-state index contributed by atoms with van der Waals surface area (Å²) in [5.41, 5.74) is 5.50. The Bertz CT molecular complexity index is 260. The highest BCUT2D eigenvalue weighted by Crippen LogP contribution is 2.19. The van der Waals surface area contributed by atoms with Gasteiger partial charge in [-0.25, -0.2) is 4.79 Å². The van der Waals surface area contributed by atoms with Crippen molar-refractivity contribution in [2.24, 2.45) is 11.7 Å². The number of likely N-dealkylation sites (tertiary alicyclic amines) is 1. The van der Waals surface area contributed by atoms with Crippen molar-refractivity contribution in [3.63, 3.8) is 0 Å². The van der Waals surface area contributed by atoms with Crippen LogP contribution >= 0.6 is 0 Å². The van der Waals surface area contributed by atoms with E-state index in [1.807, 2.05) is 0 Å². The van der Waals surface area contributed by atoms with Gasteiger partial charge in [0.05, 0.1) is 6.54 Å². The van der Waals surface area contributed by atoms with Crippen molar-refractivity contribution in [3.8, 4) is 0 Å². The van der Waals surface area contributed by atoms with E-state index in [4.69, 9.17) is 10.5 Å². The highest BCUT2D eigenvalue weighted by Gasteiger charge is 2.32. The van der Waals surface area contributed by atoms with Gasteiger partial charge in [-0.3, -0.25) is 0 Å². The molecule has 0 aromatic carbocycles. The molecule has 16 heavy (non-hydrogen) atoms. The summed E-state index contributed by atoms with van der Waals surface area (Å²) < 4.78 is 5.14. The number of carbonyl (C=O) groups is 1. The molecule has 1 amide bonds. The summed E-state index contributed by atoms with van der Waals surface area (Å²) in [6.45, 7) is 4.16. The van der Waals surface area contributed by atoms with Gasteiger partial charge in [-0.15, -0.1) is 0 Å². The van der Waals surface area contributed by atoms with Gasteiger partial charge in [0.15, 0.2) is 0 Å². The van der Waals surface area contributed by atoms with Crippen LogP contribution in [-0.4, -0.2) is 61.8 Å². The minimum atomic E-state index is -0.191. The van der Waals surface area contributed by atoms with E-state index >= 15 is 0 Å². The molecule has 0 aromatic rings. The summed E-state index contributed by atoms with van der Waals surface area (Å²) in [6.07, 6.45) is 2.14. The van der Waals surface area contributed by atoms with Crippen molar-refractivity contribution in [1.82, 2.24) is 9.80 Å². The van der Waals surface area contributed by atoms with E-state index in [-0.39, 0.29) is 12.2 Å². The Hall–Kier alpha value is -0.810. The number of amides is 1. The van der Waals surface area contributed by atoms with E-state index in [9.17, 15) is 4.79 Å². The van der Waals surface area contributed by atoms with Gasteiger partial charge in [-0.1, -0.05) is 0 Å². The maximum atomic E-state index is 11.5. The number of ether oxygens (including phenoxy) is 1. The van der Waals surface area contributed by atoms with Gasteiger partial charge in [0.25, 0.3) is 0 Å². The van der Waals surface area contributed by atoms with Crippen LogP contribution < -0.4 is 5.73 Å². The molecule has 2 fully saturated rings. The topological polar surface area (TPSA) is 58.8 Å². The lowest BCUT2D eigenvalue weighted by Crippen LogP contribution is -2.40. The molecule has 2 saturated heterocycles. The van der Waals surface area contributed by atoms with Gasteiger partial charge >= 0.3 is 6.09 Å². The summed E-state index contributed by atoms with van der Waals surface area (Å²) in [6, 6.07) is 0. The normalized spacial score (nSPS) is 31.9. The average Bonchev–Trinajstić information content (AvgIpc) is 2.60. The molecule has 2 rings (SSSR count). The predicted octanol–water partition coefficient (Wildman–Crippen LogP) is 0.108. The summed E-state index contributed by atoms with van der Waals surface area (Å²) in [7, 11) is 2.14. The monoisotopic (exact) mass is 227 g/mol. The first-order chi connectivity index (χ1) is 7.69. The largest absolute Gasteiger partial charge is 0.443 e. The van der Waals surface area contributed by atoms with Crippen LogP contribution in [0.1, 0.15) is 12.8 Å². The molecule has 0 aliphatic carbocycles. The molecule has 1 unspecified atom stereocenters. The van der Waals surface area contributed by atoms with Crippen molar-refractivity contribution in [2.75, 3.05) is 39.8 Å². The zero-order valence-electron chi connectivity index (χ0n) is 9.89. The molecule has 0 spiro atoms. The second kappa shape index (κ2) is 5.01. The van der Waals surface area contributed by atoms with Gasteiger partial charge in [0.2, 0.25) is 0 Å². The Morgan fingerprint density at radius 1 is 1.50 bits per heavy atom. The lowest BCUT2D eigenvalue weighted by molar-refractivity contribution is 0.127. The van der Waals surface area contributed by atoms with Crippen LogP contribution in [0.2, 0.25) is 0 Å². The van der Waals surface area contributed by atoms with Crippen LogP contribution in [0.5, 0.6) is 0 Å². The Labute approximate surface area is 96.5 Å². The van der Waals surface area contributed by atoms with E-state index in [2.05, 4.69) is 11.9 Å². The molecule has 2 N–H and O–H groups in total. The van der Waals surface area contributed by atoms with Crippen molar-refractivity contribution in [2.45, 2.75) is 18.9 Å². The summed E-state index contributed by atoms with van der Waals surface area (Å²) in [4.78, 5) is 15.7. The van der Waals surface area contributed by atoms with Gasteiger partial charge in [0.1, 0.15) is 6.10 Å². The van der Waals surface area contributed by atoms with Gasteiger partial charge < -0.3 is 20.3 Å². The van der Waals surface area contributed by atoms with Crippen LogP contribution in [0.4, 0.5) is 4.79 Å².